The predicted molar refractivity (Wildman–Crippen MR) is 236 cm³/mol. The Morgan fingerprint density at radius 3 is 0.596 bits per heavy atom. The summed E-state index contributed by atoms with van der Waals surface area (Å²) >= 11 is 0. The van der Waals surface area contributed by atoms with E-state index in [0.29, 0.717) is 17.9 Å². The minimum Gasteiger partial charge on any atom is -0.378 e. The number of hydrogen-bond acceptors (Lipinski definition) is 5. The molecule has 5 nitrogen and oxygen atoms in total. The number of ether oxygens (including phenoxy) is 5. The third-order valence-electron chi connectivity index (χ3n) is 11.1. The lowest BCUT2D eigenvalue weighted by Gasteiger charge is -2.24. The zero-order chi connectivity index (χ0) is 35.9. The van der Waals surface area contributed by atoms with E-state index in [4.69, 9.17) is 23.7 Å². The summed E-state index contributed by atoms with van der Waals surface area (Å²) in [4.78, 5) is 0. The summed E-state index contributed by atoms with van der Waals surface area (Å²) in [6.07, 6.45) is 20.8. The first-order valence-electron chi connectivity index (χ1n) is 20.8. The molecule has 3 saturated heterocycles. The van der Waals surface area contributed by atoms with Gasteiger partial charge in [0.1, 0.15) is 0 Å². The van der Waals surface area contributed by atoms with Crippen LogP contribution in [0.1, 0.15) is 206 Å². The van der Waals surface area contributed by atoms with Crippen LogP contribution in [0.4, 0.5) is 0 Å². The normalized spacial score (nSPS) is 36.7. The fraction of sp³-hybridized carbons (Fsp3) is 1.00. The van der Waals surface area contributed by atoms with Gasteiger partial charge in [0.05, 0.1) is 32.5 Å². The van der Waals surface area contributed by atoms with Crippen molar-refractivity contribution in [3.05, 3.63) is 0 Å². The van der Waals surface area contributed by atoms with Crippen LogP contribution < -0.4 is 0 Å². The Balaban J connectivity index is -0.000000125. The molecular weight excluding hydrogens is 645 g/mol. The standard InChI is InChI=1S/3C8H16.C7H14O.2C6H12O2.4CH4.2H2/c3*1-7-3-5-8(2)6-4-7;1-6-3-4-7(2)8-5-6;2*1-5-3-7-6(2)8-4-5;;;;;;/h3*7-8H,3-6H2,1-2H3;6-7H,3-5H2,1-2H3;2*5-6H,3-4H2,1-2H3;4*1H4;2*1H. The van der Waals surface area contributed by atoms with Crippen LogP contribution in [0.25, 0.3) is 0 Å². The van der Waals surface area contributed by atoms with E-state index >= 15 is 0 Å². The lowest BCUT2D eigenvalue weighted by molar-refractivity contribution is -0.187. The van der Waals surface area contributed by atoms with E-state index in [1.54, 1.807) is 0 Å². The molecule has 0 aromatic rings. The number of hydrogen-bond donors (Lipinski definition) is 0. The fourth-order valence-corrected chi connectivity index (χ4v) is 6.69. The quantitative estimate of drug-likeness (QED) is 0.247. The first kappa shape index (κ1) is 58.5. The fourth-order valence-electron chi connectivity index (χ4n) is 6.69. The Kier molecular flexibility index (Phi) is 39.6. The van der Waals surface area contributed by atoms with Crippen LogP contribution in [0.3, 0.4) is 0 Å². The van der Waals surface area contributed by atoms with Gasteiger partial charge < -0.3 is 23.7 Å². The molecule has 2 unspecified atom stereocenters. The van der Waals surface area contributed by atoms with Crippen molar-refractivity contribution in [3.8, 4) is 0 Å². The summed E-state index contributed by atoms with van der Waals surface area (Å²) in [5, 5.41) is 0. The molecule has 6 aliphatic rings. The van der Waals surface area contributed by atoms with Gasteiger partial charge in [0, 0.05) is 21.3 Å². The lowest BCUT2D eigenvalue weighted by Crippen LogP contribution is -2.27. The molecule has 0 spiro atoms. The van der Waals surface area contributed by atoms with Gasteiger partial charge >= 0.3 is 0 Å². The van der Waals surface area contributed by atoms with Crippen LogP contribution in [-0.2, 0) is 23.7 Å². The maximum Gasteiger partial charge on any atom is 0.154 e. The molecule has 0 bridgehead atoms. The van der Waals surface area contributed by atoms with Crippen molar-refractivity contribution < 1.29 is 26.5 Å². The third kappa shape index (κ3) is 33.2. The molecular formula is C47H106O5. The summed E-state index contributed by atoms with van der Waals surface area (Å²) in [6, 6.07) is 0. The second-order valence-electron chi connectivity index (χ2n) is 17.6. The van der Waals surface area contributed by atoms with Gasteiger partial charge in [-0.25, -0.2) is 0 Å². The van der Waals surface area contributed by atoms with Crippen molar-refractivity contribution in [2.24, 2.45) is 53.3 Å². The molecule has 3 saturated carbocycles. The van der Waals surface area contributed by atoms with Gasteiger partial charge in [0.2, 0.25) is 0 Å². The van der Waals surface area contributed by atoms with Gasteiger partial charge in [-0.2, -0.15) is 0 Å². The third-order valence-corrected chi connectivity index (χ3v) is 11.1. The van der Waals surface area contributed by atoms with Gasteiger partial charge in [-0.3, -0.25) is 0 Å². The highest BCUT2D eigenvalue weighted by Gasteiger charge is 2.17. The van der Waals surface area contributed by atoms with Crippen LogP contribution in [0.15, 0.2) is 0 Å². The average Bonchev–Trinajstić information content (AvgIpc) is 3.07. The highest BCUT2D eigenvalue weighted by Crippen LogP contribution is 2.28. The van der Waals surface area contributed by atoms with Crippen molar-refractivity contribution in [3.63, 3.8) is 0 Å². The predicted octanol–water partition coefficient (Wildman–Crippen LogP) is 15.4. The Morgan fingerprint density at radius 1 is 0.250 bits per heavy atom. The molecule has 2 atom stereocenters. The molecule has 5 heteroatoms. The summed E-state index contributed by atoms with van der Waals surface area (Å²) in [5.74, 6) is 8.07. The topological polar surface area (TPSA) is 46.2 Å². The van der Waals surface area contributed by atoms with E-state index in [-0.39, 0.29) is 45.1 Å². The summed E-state index contributed by atoms with van der Waals surface area (Å²) in [6.45, 7) is 31.0. The van der Waals surface area contributed by atoms with Crippen LogP contribution in [0.5, 0.6) is 0 Å². The van der Waals surface area contributed by atoms with Crippen molar-refractivity contribution >= 4 is 0 Å². The van der Waals surface area contributed by atoms with Crippen LogP contribution in [0.2, 0.25) is 0 Å². The number of rotatable bonds is 0. The SMILES string of the molecule is C.C.C.C.CC1CCC(C)CC1.CC1CCC(C)CC1.CC1CCC(C)CC1.CC1CCC(C)OC1.CC1COC(C)OC1.CC1COC(C)OC1.[HH].[HH]. The molecule has 3 heterocycles. The molecule has 6 rings (SSSR count). The van der Waals surface area contributed by atoms with Gasteiger partial charge in [-0.05, 0) is 75.0 Å². The molecule has 0 aromatic heterocycles. The molecule has 3 aliphatic carbocycles. The second kappa shape index (κ2) is 35.2. The minimum atomic E-state index is 0. The average molecular weight is 751 g/mol. The maximum absolute atomic E-state index is 5.39. The first-order valence-corrected chi connectivity index (χ1v) is 20.8. The highest BCUT2D eigenvalue weighted by molar-refractivity contribution is 4.67. The van der Waals surface area contributed by atoms with E-state index in [9.17, 15) is 0 Å². The van der Waals surface area contributed by atoms with Crippen molar-refractivity contribution in [1.29, 1.82) is 0 Å². The Hall–Kier alpha value is -0.200. The molecule has 3 aliphatic heterocycles. The molecule has 52 heavy (non-hydrogen) atoms. The lowest BCUT2D eigenvalue weighted by atomic mass is 9.84. The zero-order valence-electron chi connectivity index (χ0n) is 34.4. The van der Waals surface area contributed by atoms with Crippen LogP contribution in [-0.4, -0.2) is 51.7 Å². The van der Waals surface area contributed by atoms with Gasteiger partial charge in [0.25, 0.3) is 0 Å². The largest absolute Gasteiger partial charge is 0.378 e. The van der Waals surface area contributed by atoms with Crippen molar-refractivity contribution in [1.82, 2.24) is 0 Å². The molecule has 0 radical (unpaired) electrons. The smallest absolute Gasteiger partial charge is 0.154 e. The van der Waals surface area contributed by atoms with Crippen molar-refractivity contribution in [2.45, 2.75) is 221 Å². The Bertz CT molecular complexity index is 482. The monoisotopic (exact) mass is 751 g/mol. The van der Waals surface area contributed by atoms with E-state index in [1.807, 2.05) is 13.8 Å². The summed E-state index contributed by atoms with van der Waals surface area (Å²) in [5.41, 5.74) is 0. The molecule has 0 N–H and O–H groups in total. The van der Waals surface area contributed by atoms with Crippen LogP contribution >= 0.6 is 0 Å². The van der Waals surface area contributed by atoms with E-state index < -0.39 is 0 Å². The van der Waals surface area contributed by atoms with Crippen molar-refractivity contribution in [2.75, 3.05) is 33.0 Å². The first-order chi connectivity index (χ1) is 22.7. The molecule has 324 valence electrons. The van der Waals surface area contributed by atoms with E-state index in [0.717, 1.165) is 74.5 Å². The Morgan fingerprint density at radius 2 is 0.442 bits per heavy atom. The van der Waals surface area contributed by atoms with E-state index in [2.05, 4.69) is 69.2 Å². The van der Waals surface area contributed by atoms with Gasteiger partial charge in [-0.1, -0.05) is 169 Å². The Labute approximate surface area is 333 Å². The minimum absolute atomic E-state index is 0. The van der Waals surface area contributed by atoms with E-state index in [1.165, 1.54) is 89.9 Å². The molecule has 0 amide bonds. The highest BCUT2D eigenvalue weighted by atomic mass is 16.7. The zero-order valence-corrected chi connectivity index (χ0v) is 34.4. The van der Waals surface area contributed by atoms with Crippen LogP contribution in [0, 0.1) is 53.3 Å². The summed E-state index contributed by atoms with van der Waals surface area (Å²) in [7, 11) is 0. The second-order valence-corrected chi connectivity index (χ2v) is 17.6. The molecule has 6 fully saturated rings. The van der Waals surface area contributed by atoms with Gasteiger partial charge in [-0.15, -0.1) is 0 Å². The maximum atomic E-state index is 5.39. The molecule has 0 aromatic carbocycles. The van der Waals surface area contributed by atoms with Gasteiger partial charge in [0.15, 0.2) is 12.6 Å². The summed E-state index contributed by atoms with van der Waals surface area (Å²) < 4.78 is 26.1.